The van der Waals surface area contributed by atoms with Crippen LogP contribution in [0.3, 0.4) is 0 Å². The van der Waals surface area contributed by atoms with Gasteiger partial charge in [-0.2, -0.15) is 5.26 Å². The fraction of sp³-hybridized carbons (Fsp3) is 0.278. The maximum atomic E-state index is 12.4. The van der Waals surface area contributed by atoms with Crippen molar-refractivity contribution < 1.29 is 9.53 Å². The maximum Gasteiger partial charge on any atom is 0.321 e. The number of nitriles is 1. The van der Waals surface area contributed by atoms with Crippen LogP contribution in [-0.4, -0.2) is 35.1 Å². The second-order valence-corrected chi connectivity index (χ2v) is 6.65. The predicted octanol–water partition coefficient (Wildman–Crippen LogP) is 4.34. The van der Waals surface area contributed by atoms with Gasteiger partial charge in [-0.15, -0.1) is 0 Å². The van der Waals surface area contributed by atoms with E-state index in [-0.39, 0.29) is 12.1 Å². The van der Waals surface area contributed by atoms with Crippen molar-refractivity contribution in [1.82, 2.24) is 9.88 Å². The van der Waals surface area contributed by atoms with Crippen molar-refractivity contribution in [1.29, 1.82) is 5.26 Å². The average Bonchev–Trinajstić information content (AvgIpc) is 2.66. The lowest BCUT2D eigenvalue weighted by Gasteiger charge is -2.32. The Morgan fingerprint density at radius 1 is 1.27 bits per heavy atom. The van der Waals surface area contributed by atoms with E-state index in [1.165, 1.54) is 0 Å². The summed E-state index contributed by atoms with van der Waals surface area (Å²) >= 11 is 11.8. The van der Waals surface area contributed by atoms with Crippen LogP contribution in [0.5, 0.6) is 5.88 Å². The van der Waals surface area contributed by atoms with Crippen LogP contribution in [0.2, 0.25) is 10.0 Å². The molecule has 1 N–H and O–H groups in total. The SMILES string of the molecule is N#Cc1cccnc1OC1CCN(C(=O)Nc2ccc(Cl)c(Cl)c2)CC1. The minimum absolute atomic E-state index is 0.0778. The van der Waals surface area contributed by atoms with Crippen LogP contribution in [0.15, 0.2) is 36.5 Å². The average molecular weight is 391 g/mol. The van der Waals surface area contributed by atoms with Gasteiger partial charge in [-0.05, 0) is 30.3 Å². The highest BCUT2D eigenvalue weighted by molar-refractivity contribution is 6.42. The van der Waals surface area contributed by atoms with Crippen molar-refractivity contribution in [3.8, 4) is 11.9 Å². The summed E-state index contributed by atoms with van der Waals surface area (Å²) in [7, 11) is 0. The first kappa shape index (κ1) is 18.3. The Kier molecular flexibility index (Phi) is 5.82. The summed E-state index contributed by atoms with van der Waals surface area (Å²) in [5.74, 6) is 0.341. The summed E-state index contributed by atoms with van der Waals surface area (Å²) < 4.78 is 5.83. The minimum atomic E-state index is -0.197. The number of nitrogens with zero attached hydrogens (tertiary/aromatic N) is 3. The van der Waals surface area contributed by atoms with Gasteiger partial charge in [-0.25, -0.2) is 9.78 Å². The molecule has 8 heteroatoms. The number of aromatic nitrogens is 1. The van der Waals surface area contributed by atoms with E-state index in [1.54, 1.807) is 41.4 Å². The Morgan fingerprint density at radius 2 is 2.04 bits per heavy atom. The van der Waals surface area contributed by atoms with Gasteiger partial charge in [0, 0.05) is 37.8 Å². The van der Waals surface area contributed by atoms with Crippen molar-refractivity contribution in [2.24, 2.45) is 0 Å². The standard InChI is InChI=1S/C18H16Cl2N4O2/c19-15-4-3-13(10-16(15)20)23-18(25)24-8-5-14(6-9-24)26-17-12(11-21)2-1-7-22-17/h1-4,7,10,14H,5-6,8-9H2,(H,23,25). The zero-order chi connectivity index (χ0) is 18.5. The molecular weight excluding hydrogens is 375 g/mol. The van der Waals surface area contributed by atoms with Gasteiger partial charge >= 0.3 is 6.03 Å². The number of carbonyl (C=O) groups is 1. The molecule has 3 rings (SSSR count). The third-order valence-electron chi connectivity index (χ3n) is 4.07. The topological polar surface area (TPSA) is 78.2 Å². The molecule has 0 unspecified atom stereocenters. The molecule has 2 amide bonds. The number of ether oxygens (including phenoxy) is 1. The number of rotatable bonds is 3. The Bertz CT molecular complexity index is 845. The number of benzene rings is 1. The summed E-state index contributed by atoms with van der Waals surface area (Å²) in [6.45, 7) is 1.10. The highest BCUT2D eigenvalue weighted by Gasteiger charge is 2.25. The summed E-state index contributed by atoms with van der Waals surface area (Å²) in [6, 6.07) is 10.2. The van der Waals surface area contributed by atoms with Crippen LogP contribution in [0.25, 0.3) is 0 Å². The highest BCUT2D eigenvalue weighted by atomic mass is 35.5. The van der Waals surface area contributed by atoms with E-state index in [0.29, 0.717) is 53.1 Å². The Morgan fingerprint density at radius 3 is 2.73 bits per heavy atom. The van der Waals surface area contributed by atoms with Crippen LogP contribution in [0, 0.1) is 11.3 Å². The molecule has 2 heterocycles. The van der Waals surface area contributed by atoms with Gasteiger partial charge in [0.25, 0.3) is 0 Å². The number of halogens is 2. The molecule has 0 saturated carbocycles. The molecule has 1 aliphatic heterocycles. The van der Waals surface area contributed by atoms with Crippen molar-refractivity contribution >= 4 is 34.9 Å². The largest absolute Gasteiger partial charge is 0.473 e. The van der Waals surface area contributed by atoms with Gasteiger partial charge in [-0.1, -0.05) is 23.2 Å². The number of amides is 2. The number of anilines is 1. The Labute approximate surface area is 161 Å². The lowest BCUT2D eigenvalue weighted by molar-refractivity contribution is 0.111. The monoisotopic (exact) mass is 390 g/mol. The highest BCUT2D eigenvalue weighted by Crippen LogP contribution is 2.26. The molecule has 2 aromatic rings. The Balaban J connectivity index is 1.54. The van der Waals surface area contributed by atoms with Gasteiger partial charge in [-0.3, -0.25) is 0 Å². The first-order valence-corrected chi connectivity index (χ1v) is 8.85. The van der Waals surface area contributed by atoms with Gasteiger partial charge in [0.2, 0.25) is 5.88 Å². The van der Waals surface area contributed by atoms with Crippen LogP contribution in [-0.2, 0) is 0 Å². The fourth-order valence-electron chi connectivity index (χ4n) is 2.68. The lowest BCUT2D eigenvalue weighted by Crippen LogP contribution is -2.43. The molecule has 0 spiro atoms. The smallest absolute Gasteiger partial charge is 0.321 e. The van der Waals surface area contributed by atoms with Crippen molar-refractivity contribution in [2.45, 2.75) is 18.9 Å². The van der Waals surface area contributed by atoms with E-state index in [0.717, 1.165) is 0 Å². The molecule has 1 aliphatic rings. The molecule has 1 aromatic carbocycles. The van der Waals surface area contributed by atoms with E-state index in [4.69, 9.17) is 33.2 Å². The predicted molar refractivity (Wildman–Crippen MR) is 99.7 cm³/mol. The molecular formula is C18H16Cl2N4O2. The number of piperidine rings is 1. The summed E-state index contributed by atoms with van der Waals surface area (Å²) in [5, 5.41) is 12.7. The third-order valence-corrected chi connectivity index (χ3v) is 4.81. The van der Waals surface area contributed by atoms with E-state index < -0.39 is 0 Å². The molecule has 1 saturated heterocycles. The molecule has 1 fully saturated rings. The first-order chi connectivity index (χ1) is 12.6. The summed E-state index contributed by atoms with van der Waals surface area (Å²) in [5.41, 5.74) is 1.00. The first-order valence-electron chi connectivity index (χ1n) is 8.09. The van der Waals surface area contributed by atoms with Gasteiger partial charge < -0.3 is 15.0 Å². The number of pyridine rings is 1. The Hall–Kier alpha value is -2.49. The number of hydrogen-bond acceptors (Lipinski definition) is 4. The second-order valence-electron chi connectivity index (χ2n) is 5.83. The third kappa shape index (κ3) is 4.37. The van der Waals surface area contributed by atoms with Crippen molar-refractivity contribution in [2.75, 3.05) is 18.4 Å². The second kappa shape index (κ2) is 8.26. The zero-order valence-corrected chi connectivity index (χ0v) is 15.3. The number of hydrogen-bond donors (Lipinski definition) is 1. The summed E-state index contributed by atoms with van der Waals surface area (Å²) in [4.78, 5) is 18.2. The molecule has 134 valence electrons. The maximum absolute atomic E-state index is 12.4. The quantitative estimate of drug-likeness (QED) is 0.845. The number of carbonyl (C=O) groups excluding carboxylic acids is 1. The van der Waals surface area contributed by atoms with Gasteiger partial charge in [0.15, 0.2) is 0 Å². The molecule has 0 radical (unpaired) electrons. The van der Waals surface area contributed by atoms with Crippen LogP contribution >= 0.6 is 23.2 Å². The molecule has 0 atom stereocenters. The number of urea groups is 1. The van der Waals surface area contributed by atoms with E-state index >= 15 is 0 Å². The normalized spacial score (nSPS) is 14.6. The summed E-state index contributed by atoms with van der Waals surface area (Å²) in [6.07, 6.45) is 2.84. The van der Waals surface area contributed by atoms with Gasteiger partial charge in [0.1, 0.15) is 17.7 Å². The molecule has 0 bridgehead atoms. The van der Waals surface area contributed by atoms with E-state index in [9.17, 15) is 4.79 Å². The number of nitrogens with one attached hydrogen (secondary N) is 1. The lowest BCUT2D eigenvalue weighted by atomic mass is 10.1. The van der Waals surface area contributed by atoms with Crippen LogP contribution in [0.4, 0.5) is 10.5 Å². The van der Waals surface area contributed by atoms with Crippen LogP contribution < -0.4 is 10.1 Å². The molecule has 26 heavy (non-hydrogen) atoms. The number of likely N-dealkylation sites (tertiary alicyclic amines) is 1. The molecule has 0 aliphatic carbocycles. The fourth-order valence-corrected chi connectivity index (χ4v) is 2.98. The van der Waals surface area contributed by atoms with E-state index in [1.807, 2.05) is 0 Å². The minimum Gasteiger partial charge on any atom is -0.473 e. The zero-order valence-electron chi connectivity index (χ0n) is 13.8. The van der Waals surface area contributed by atoms with Gasteiger partial charge in [0.05, 0.1) is 10.0 Å². The molecule has 1 aromatic heterocycles. The molecule has 6 nitrogen and oxygen atoms in total. The van der Waals surface area contributed by atoms with Crippen molar-refractivity contribution in [3.63, 3.8) is 0 Å². The van der Waals surface area contributed by atoms with Crippen LogP contribution in [0.1, 0.15) is 18.4 Å². The van der Waals surface area contributed by atoms with Crippen molar-refractivity contribution in [3.05, 3.63) is 52.1 Å². The van der Waals surface area contributed by atoms with E-state index in [2.05, 4.69) is 16.4 Å².